The molecule has 0 radical (unpaired) electrons. The van der Waals surface area contributed by atoms with E-state index in [0.29, 0.717) is 19.4 Å². The van der Waals surface area contributed by atoms with Crippen LogP contribution in [0.1, 0.15) is 341 Å². The molecule has 0 saturated carbocycles. The summed E-state index contributed by atoms with van der Waals surface area (Å²) >= 11 is 0. The highest BCUT2D eigenvalue weighted by Gasteiger charge is 2.18. The summed E-state index contributed by atoms with van der Waals surface area (Å²) in [5, 5.41) is 23.1. The van der Waals surface area contributed by atoms with Crippen LogP contribution in [0, 0.1) is 0 Å². The highest BCUT2D eigenvalue weighted by atomic mass is 16.5. The maximum absolute atomic E-state index is 12.5. The van der Waals surface area contributed by atoms with Gasteiger partial charge in [-0.25, -0.2) is 0 Å². The number of carbonyl (C=O) groups excluding carboxylic acids is 2. The summed E-state index contributed by atoms with van der Waals surface area (Å²) in [5.41, 5.74) is 0. The third kappa shape index (κ3) is 55.5. The molecule has 0 saturated heterocycles. The molecule has 0 spiro atoms. The fraction of sp³-hybridized carbons (Fsp3) is 0.905. The number of amides is 1. The summed E-state index contributed by atoms with van der Waals surface area (Å²) in [6, 6.07) is -0.631. The van der Waals surface area contributed by atoms with E-state index in [1.165, 1.54) is 270 Å². The smallest absolute Gasteiger partial charge is 0.305 e. The van der Waals surface area contributed by atoms with Gasteiger partial charge in [-0.3, -0.25) is 9.59 Å². The monoisotopic (exact) mass is 972 g/mol. The van der Waals surface area contributed by atoms with Crippen LogP contribution in [0.25, 0.3) is 0 Å². The topological polar surface area (TPSA) is 95.9 Å². The van der Waals surface area contributed by atoms with Crippen molar-refractivity contribution in [1.29, 1.82) is 0 Å². The molecule has 0 fully saturated rings. The summed E-state index contributed by atoms with van der Waals surface area (Å²) in [5.74, 6) is -0.0590. The first kappa shape index (κ1) is 67.3. The quantitative estimate of drug-likeness (QED) is 0.0321. The zero-order valence-electron chi connectivity index (χ0n) is 46.6. The summed E-state index contributed by atoms with van der Waals surface area (Å²) in [6.45, 7) is 4.92. The maximum Gasteiger partial charge on any atom is 0.305 e. The minimum absolute atomic E-state index is 0.0141. The molecule has 3 N–H and O–H groups in total. The number of aliphatic hydroxyl groups excluding tert-OH is 2. The lowest BCUT2D eigenvalue weighted by Gasteiger charge is -2.20. The van der Waals surface area contributed by atoms with Gasteiger partial charge in [0.25, 0.3) is 0 Å². The van der Waals surface area contributed by atoms with Gasteiger partial charge in [-0.15, -0.1) is 0 Å². The van der Waals surface area contributed by atoms with E-state index in [-0.39, 0.29) is 18.5 Å². The molecule has 0 aliphatic heterocycles. The number of ether oxygens (including phenoxy) is 1. The average Bonchev–Trinajstić information content (AvgIpc) is 3.35. The number of rotatable bonds is 58. The van der Waals surface area contributed by atoms with Gasteiger partial charge in [0.2, 0.25) is 5.91 Å². The van der Waals surface area contributed by atoms with Crippen LogP contribution < -0.4 is 5.32 Å². The molecule has 2 atom stereocenters. The number of esters is 1. The Kier molecular flexibility index (Phi) is 57.5. The van der Waals surface area contributed by atoms with Crippen molar-refractivity contribution in [2.24, 2.45) is 0 Å². The van der Waals surface area contributed by atoms with Gasteiger partial charge in [0.15, 0.2) is 0 Å². The number of allylic oxidation sites excluding steroid dienone is 3. The Balaban J connectivity index is 3.41. The molecule has 6 heteroatoms. The molecule has 408 valence electrons. The van der Waals surface area contributed by atoms with Crippen LogP contribution in [0.2, 0.25) is 0 Å². The van der Waals surface area contributed by atoms with Crippen LogP contribution >= 0.6 is 0 Å². The molecular weight excluding hydrogens is 851 g/mol. The van der Waals surface area contributed by atoms with Crippen LogP contribution in [0.5, 0.6) is 0 Å². The second-order valence-corrected chi connectivity index (χ2v) is 21.4. The zero-order valence-corrected chi connectivity index (χ0v) is 46.6. The highest BCUT2D eigenvalue weighted by Crippen LogP contribution is 2.17. The predicted octanol–water partition coefficient (Wildman–Crippen LogP) is 19.4. The average molecular weight is 973 g/mol. The highest BCUT2D eigenvalue weighted by molar-refractivity contribution is 5.76. The molecule has 0 aliphatic rings. The van der Waals surface area contributed by atoms with Crippen molar-refractivity contribution in [3.63, 3.8) is 0 Å². The molecule has 2 unspecified atom stereocenters. The van der Waals surface area contributed by atoms with Gasteiger partial charge in [-0.05, 0) is 57.8 Å². The summed E-state index contributed by atoms with van der Waals surface area (Å²) in [4.78, 5) is 24.5. The van der Waals surface area contributed by atoms with Crippen molar-refractivity contribution in [2.45, 2.75) is 353 Å². The number of hydrogen-bond acceptors (Lipinski definition) is 5. The molecule has 0 aliphatic carbocycles. The van der Waals surface area contributed by atoms with Crippen molar-refractivity contribution in [2.75, 3.05) is 13.2 Å². The van der Waals surface area contributed by atoms with Gasteiger partial charge in [0.05, 0.1) is 25.4 Å². The number of nitrogens with one attached hydrogen (secondary N) is 1. The van der Waals surface area contributed by atoms with Gasteiger partial charge in [-0.1, -0.05) is 295 Å². The SMILES string of the molecule is CCCCCCCCCCCCCC/C=C/C(O)C(CO)NC(=O)CCCCCCCCC/C=C\CCCCCCCCCCCCCCOC(=O)CCCCCCCCCCCCCCCCC. The van der Waals surface area contributed by atoms with Crippen molar-refractivity contribution in [3.8, 4) is 0 Å². The zero-order chi connectivity index (χ0) is 50.0. The first-order valence-electron chi connectivity index (χ1n) is 31.1. The van der Waals surface area contributed by atoms with Crippen LogP contribution in [-0.4, -0.2) is 47.4 Å². The second kappa shape index (κ2) is 58.9. The lowest BCUT2D eigenvalue weighted by Crippen LogP contribution is -2.45. The van der Waals surface area contributed by atoms with E-state index in [1.54, 1.807) is 6.08 Å². The molecule has 0 aromatic carbocycles. The van der Waals surface area contributed by atoms with E-state index >= 15 is 0 Å². The number of hydrogen-bond donors (Lipinski definition) is 3. The second-order valence-electron chi connectivity index (χ2n) is 21.4. The van der Waals surface area contributed by atoms with Crippen molar-refractivity contribution >= 4 is 11.9 Å². The number of aliphatic hydroxyl groups is 2. The molecular formula is C63H121NO5. The minimum atomic E-state index is -0.847. The van der Waals surface area contributed by atoms with Crippen molar-refractivity contribution < 1.29 is 24.5 Å². The van der Waals surface area contributed by atoms with Crippen LogP contribution in [0.3, 0.4) is 0 Å². The van der Waals surface area contributed by atoms with Crippen LogP contribution in [-0.2, 0) is 14.3 Å². The summed E-state index contributed by atoms with van der Waals surface area (Å²) in [7, 11) is 0. The minimum Gasteiger partial charge on any atom is -0.466 e. The lowest BCUT2D eigenvalue weighted by molar-refractivity contribution is -0.143. The first-order chi connectivity index (χ1) is 34.0. The van der Waals surface area contributed by atoms with E-state index in [2.05, 4.69) is 31.3 Å². The van der Waals surface area contributed by atoms with Gasteiger partial charge >= 0.3 is 5.97 Å². The largest absolute Gasteiger partial charge is 0.466 e. The fourth-order valence-electron chi connectivity index (χ4n) is 9.69. The van der Waals surface area contributed by atoms with E-state index < -0.39 is 12.1 Å². The normalized spacial score (nSPS) is 12.7. The summed E-state index contributed by atoms with van der Waals surface area (Å²) in [6.07, 6.45) is 72.2. The molecule has 0 bridgehead atoms. The van der Waals surface area contributed by atoms with E-state index in [0.717, 1.165) is 44.9 Å². The Hall–Kier alpha value is -1.66. The maximum atomic E-state index is 12.5. The molecule has 6 nitrogen and oxygen atoms in total. The Morgan fingerprint density at radius 1 is 0.391 bits per heavy atom. The van der Waals surface area contributed by atoms with Crippen LogP contribution in [0.15, 0.2) is 24.3 Å². The molecule has 0 aromatic rings. The van der Waals surface area contributed by atoms with Gasteiger partial charge < -0.3 is 20.3 Å². The number of carbonyl (C=O) groups is 2. The predicted molar refractivity (Wildman–Crippen MR) is 301 cm³/mol. The Labute approximate surface area is 431 Å². The Morgan fingerprint density at radius 3 is 1.03 bits per heavy atom. The van der Waals surface area contributed by atoms with Crippen LogP contribution in [0.4, 0.5) is 0 Å². The third-order valence-corrected chi connectivity index (χ3v) is 14.5. The van der Waals surface area contributed by atoms with E-state index in [1.807, 2.05) is 6.08 Å². The van der Waals surface area contributed by atoms with Gasteiger partial charge in [0.1, 0.15) is 0 Å². The Morgan fingerprint density at radius 2 is 0.681 bits per heavy atom. The molecule has 0 aromatic heterocycles. The van der Waals surface area contributed by atoms with Gasteiger partial charge in [-0.2, -0.15) is 0 Å². The van der Waals surface area contributed by atoms with Crippen molar-refractivity contribution in [3.05, 3.63) is 24.3 Å². The molecule has 1 amide bonds. The first-order valence-corrected chi connectivity index (χ1v) is 31.1. The molecule has 0 heterocycles. The van der Waals surface area contributed by atoms with E-state index in [4.69, 9.17) is 4.74 Å². The Bertz CT molecular complexity index is 1080. The third-order valence-electron chi connectivity index (χ3n) is 14.5. The standard InChI is InChI=1S/C63H121NO5/c1-3-5-7-9-11-13-15-17-28-33-37-41-45-49-53-57-63(68)69-58-54-50-46-42-38-34-30-27-25-23-21-19-20-22-24-26-29-32-36-40-44-48-52-56-62(67)64-60(59-65)61(66)55-51-47-43-39-35-31-18-16-14-12-10-8-6-4-2/h22,24,51,55,60-61,65-66H,3-21,23,25-50,52-54,56-59H2,1-2H3,(H,64,67)/b24-22-,55-51+. The lowest BCUT2D eigenvalue weighted by atomic mass is 10.0. The fourth-order valence-corrected chi connectivity index (χ4v) is 9.69. The van der Waals surface area contributed by atoms with E-state index in [9.17, 15) is 19.8 Å². The van der Waals surface area contributed by atoms with Crippen molar-refractivity contribution in [1.82, 2.24) is 5.32 Å². The summed E-state index contributed by atoms with van der Waals surface area (Å²) < 4.78 is 5.49. The molecule has 69 heavy (non-hydrogen) atoms. The number of unbranched alkanes of at least 4 members (excludes halogenated alkanes) is 45. The molecule has 0 rings (SSSR count). The van der Waals surface area contributed by atoms with Gasteiger partial charge in [0, 0.05) is 12.8 Å².